The maximum Gasteiger partial charge on any atom is 0.126 e. The minimum Gasteiger partial charge on any atom is -0.385 e. The van der Waals surface area contributed by atoms with Crippen LogP contribution in [-0.2, 0) is 11.2 Å². The third-order valence-corrected chi connectivity index (χ3v) is 3.06. The largest absolute Gasteiger partial charge is 0.385 e. The van der Waals surface area contributed by atoms with Crippen molar-refractivity contribution in [1.29, 1.82) is 0 Å². The topological polar surface area (TPSA) is 21.3 Å². The standard InChI is InChI=1S/C14H21ClFNO/c1-3-7-17-13(6-8-18-2)10-11-9-12(15)4-5-14(11)16/h4-5,9,13,17H,3,6-8,10H2,1-2H3. The van der Waals surface area contributed by atoms with Crippen LogP contribution in [-0.4, -0.2) is 26.3 Å². The van der Waals surface area contributed by atoms with E-state index >= 15 is 0 Å². The van der Waals surface area contributed by atoms with Gasteiger partial charge in [0.1, 0.15) is 5.82 Å². The number of hydrogen-bond acceptors (Lipinski definition) is 2. The third-order valence-electron chi connectivity index (χ3n) is 2.83. The Hall–Kier alpha value is -0.640. The fourth-order valence-corrected chi connectivity index (χ4v) is 2.04. The van der Waals surface area contributed by atoms with E-state index in [0.717, 1.165) is 19.4 Å². The van der Waals surface area contributed by atoms with E-state index in [9.17, 15) is 4.39 Å². The molecule has 1 aromatic carbocycles. The average molecular weight is 274 g/mol. The summed E-state index contributed by atoms with van der Waals surface area (Å²) in [7, 11) is 1.68. The highest BCUT2D eigenvalue weighted by molar-refractivity contribution is 6.30. The summed E-state index contributed by atoms with van der Waals surface area (Å²) in [6, 6.07) is 4.91. The molecule has 1 rings (SSSR count). The van der Waals surface area contributed by atoms with Crippen LogP contribution in [0.3, 0.4) is 0 Å². The molecule has 1 N–H and O–H groups in total. The van der Waals surface area contributed by atoms with Crippen LogP contribution in [0.5, 0.6) is 0 Å². The Bertz CT molecular complexity index is 352. The van der Waals surface area contributed by atoms with Gasteiger partial charge in [-0.1, -0.05) is 18.5 Å². The molecule has 18 heavy (non-hydrogen) atoms. The molecule has 0 aliphatic carbocycles. The van der Waals surface area contributed by atoms with Crippen LogP contribution in [0.2, 0.25) is 5.02 Å². The highest BCUT2D eigenvalue weighted by Crippen LogP contribution is 2.17. The summed E-state index contributed by atoms with van der Waals surface area (Å²) >= 11 is 5.90. The summed E-state index contributed by atoms with van der Waals surface area (Å²) in [4.78, 5) is 0. The van der Waals surface area contributed by atoms with Crippen LogP contribution < -0.4 is 5.32 Å². The number of methoxy groups -OCH3 is 1. The molecule has 4 heteroatoms. The van der Waals surface area contributed by atoms with Crippen LogP contribution in [0.15, 0.2) is 18.2 Å². The minimum absolute atomic E-state index is 0.194. The van der Waals surface area contributed by atoms with Gasteiger partial charge >= 0.3 is 0 Å². The number of rotatable bonds is 8. The quantitative estimate of drug-likeness (QED) is 0.784. The number of hydrogen-bond donors (Lipinski definition) is 1. The fraction of sp³-hybridized carbons (Fsp3) is 0.571. The summed E-state index contributed by atoms with van der Waals surface area (Å²) in [5.74, 6) is -0.194. The van der Waals surface area contributed by atoms with Crippen LogP contribution in [0.1, 0.15) is 25.3 Å². The van der Waals surface area contributed by atoms with Gasteiger partial charge in [0.25, 0.3) is 0 Å². The smallest absolute Gasteiger partial charge is 0.126 e. The van der Waals surface area contributed by atoms with Crippen molar-refractivity contribution in [3.63, 3.8) is 0 Å². The molecule has 0 saturated heterocycles. The van der Waals surface area contributed by atoms with Crippen LogP contribution in [0.25, 0.3) is 0 Å². The van der Waals surface area contributed by atoms with Crippen molar-refractivity contribution in [3.8, 4) is 0 Å². The monoisotopic (exact) mass is 273 g/mol. The molecule has 0 spiro atoms. The lowest BCUT2D eigenvalue weighted by Gasteiger charge is -2.18. The Balaban J connectivity index is 2.65. The Kier molecular flexibility index (Phi) is 7.25. The van der Waals surface area contributed by atoms with Gasteiger partial charge in [-0.3, -0.25) is 0 Å². The average Bonchev–Trinajstić information content (AvgIpc) is 2.37. The van der Waals surface area contributed by atoms with E-state index in [1.165, 1.54) is 6.07 Å². The van der Waals surface area contributed by atoms with E-state index in [2.05, 4.69) is 12.2 Å². The zero-order chi connectivity index (χ0) is 13.4. The molecular formula is C14H21ClFNO. The van der Waals surface area contributed by atoms with Gasteiger partial charge in [0.15, 0.2) is 0 Å². The lowest BCUT2D eigenvalue weighted by molar-refractivity contribution is 0.182. The van der Waals surface area contributed by atoms with Gasteiger partial charge in [-0.2, -0.15) is 0 Å². The number of nitrogens with one attached hydrogen (secondary N) is 1. The molecule has 0 bridgehead atoms. The molecule has 102 valence electrons. The van der Waals surface area contributed by atoms with E-state index in [-0.39, 0.29) is 11.9 Å². The molecule has 0 amide bonds. The second-order valence-corrected chi connectivity index (χ2v) is 4.81. The lowest BCUT2D eigenvalue weighted by atomic mass is 10.0. The van der Waals surface area contributed by atoms with E-state index in [0.29, 0.717) is 23.6 Å². The first-order valence-electron chi connectivity index (χ1n) is 6.33. The number of benzene rings is 1. The van der Waals surface area contributed by atoms with Gasteiger partial charge in [0.05, 0.1) is 0 Å². The molecule has 0 radical (unpaired) electrons. The molecule has 1 atom stereocenters. The van der Waals surface area contributed by atoms with Gasteiger partial charge in [-0.15, -0.1) is 0 Å². The first kappa shape index (κ1) is 15.4. The minimum atomic E-state index is -0.194. The van der Waals surface area contributed by atoms with Crippen LogP contribution in [0.4, 0.5) is 4.39 Å². The zero-order valence-electron chi connectivity index (χ0n) is 11.0. The third kappa shape index (κ3) is 5.34. The fourth-order valence-electron chi connectivity index (χ4n) is 1.85. The van der Waals surface area contributed by atoms with Crippen LogP contribution in [0, 0.1) is 5.82 Å². The Labute approximate surface area is 113 Å². The normalized spacial score (nSPS) is 12.7. The predicted octanol–water partition coefficient (Wildman–Crippen LogP) is 3.43. The lowest BCUT2D eigenvalue weighted by Crippen LogP contribution is -2.33. The van der Waals surface area contributed by atoms with E-state index in [1.54, 1.807) is 19.2 Å². The van der Waals surface area contributed by atoms with Crippen molar-refractivity contribution in [2.45, 2.75) is 32.2 Å². The number of ether oxygens (including phenoxy) is 1. The molecule has 0 aliphatic rings. The summed E-state index contributed by atoms with van der Waals surface area (Å²) < 4.78 is 18.7. The zero-order valence-corrected chi connectivity index (χ0v) is 11.8. The maximum absolute atomic E-state index is 13.7. The molecule has 0 heterocycles. The van der Waals surface area contributed by atoms with Crippen molar-refractivity contribution >= 4 is 11.6 Å². The molecule has 0 aliphatic heterocycles. The van der Waals surface area contributed by atoms with Crippen molar-refractivity contribution in [3.05, 3.63) is 34.6 Å². The number of halogens is 2. The molecule has 2 nitrogen and oxygen atoms in total. The van der Waals surface area contributed by atoms with Crippen molar-refractivity contribution in [1.82, 2.24) is 5.32 Å². The van der Waals surface area contributed by atoms with Gasteiger partial charge in [-0.25, -0.2) is 4.39 Å². The first-order chi connectivity index (χ1) is 8.67. The molecule has 0 aromatic heterocycles. The van der Waals surface area contributed by atoms with E-state index < -0.39 is 0 Å². The molecule has 0 saturated carbocycles. The van der Waals surface area contributed by atoms with E-state index in [1.807, 2.05) is 0 Å². The Morgan fingerprint density at radius 2 is 2.22 bits per heavy atom. The predicted molar refractivity (Wildman–Crippen MR) is 73.7 cm³/mol. The highest BCUT2D eigenvalue weighted by Gasteiger charge is 2.12. The van der Waals surface area contributed by atoms with Crippen molar-refractivity contribution in [2.75, 3.05) is 20.3 Å². The Morgan fingerprint density at radius 3 is 2.89 bits per heavy atom. The Morgan fingerprint density at radius 1 is 1.44 bits per heavy atom. The molecule has 1 unspecified atom stereocenters. The SMILES string of the molecule is CCCNC(CCOC)Cc1cc(Cl)ccc1F. The summed E-state index contributed by atoms with van der Waals surface area (Å²) in [5.41, 5.74) is 0.659. The molecule has 0 fully saturated rings. The summed E-state index contributed by atoms with van der Waals surface area (Å²) in [5, 5.41) is 3.99. The molecular weight excluding hydrogens is 253 g/mol. The second-order valence-electron chi connectivity index (χ2n) is 4.37. The van der Waals surface area contributed by atoms with Crippen LogP contribution >= 0.6 is 11.6 Å². The van der Waals surface area contributed by atoms with Crippen molar-refractivity contribution < 1.29 is 9.13 Å². The second kappa shape index (κ2) is 8.46. The maximum atomic E-state index is 13.7. The van der Waals surface area contributed by atoms with Gasteiger partial charge < -0.3 is 10.1 Å². The first-order valence-corrected chi connectivity index (χ1v) is 6.71. The summed E-state index contributed by atoms with van der Waals surface area (Å²) in [6.45, 7) is 3.71. The molecule has 1 aromatic rings. The highest BCUT2D eigenvalue weighted by atomic mass is 35.5. The van der Waals surface area contributed by atoms with Crippen molar-refractivity contribution in [2.24, 2.45) is 0 Å². The summed E-state index contributed by atoms with van der Waals surface area (Å²) in [6.07, 6.45) is 2.56. The van der Waals surface area contributed by atoms with Gasteiger partial charge in [-0.05, 0) is 49.6 Å². The van der Waals surface area contributed by atoms with Gasteiger partial charge in [0.2, 0.25) is 0 Å². The van der Waals surface area contributed by atoms with Gasteiger partial charge in [0, 0.05) is 24.8 Å². The van der Waals surface area contributed by atoms with E-state index in [4.69, 9.17) is 16.3 Å².